The minimum Gasteiger partial charge on any atom is -0.480 e. The highest BCUT2D eigenvalue weighted by Crippen LogP contribution is 2.24. The van der Waals surface area contributed by atoms with E-state index in [1.54, 1.807) is 6.92 Å². The summed E-state index contributed by atoms with van der Waals surface area (Å²) in [6.07, 6.45) is 4.56. The van der Waals surface area contributed by atoms with Crippen LogP contribution in [0.3, 0.4) is 0 Å². The fourth-order valence-electron chi connectivity index (χ4n) is 2.75. The summed E-state index contributed by atoms with van der Waals surface area (Å²) in [4.78, 5) is 13.9. The summed E-state index contributed by atoms with van der Waals surface area (Å²) in [6.45, 7) is 9.61. The van der Waals surface area contributed by atoms with Gasteiger partial charge in [0.1, 0.15) is 5.54 Å². The maximum Gasteiger partial charge on any atom is 0.324 e. The summed E-state index contributed by atoms with van der Waals surface area (Å²) in [5.41, 5.74) is -0.837. The minimum absolute atomic E-state index is 0.482. The molecule has 0 bridgehead atoms. The molecule has 1 saturated heterocycles. The van der Waals surface area contributed by atoms with Crippen molar-refractivity contribution in [3.8, 4) is 0 Å². The predicted molar refractivity (Wildman–Crippen MR) is 73.8 cm³/mol. The van der Waals surface area contributed by atoms with Crippen molar-refractivity contribution in [1.82, 2.24) is 10.2 Å². The van der Waals surface area contributed by atoms with E-state index in [9.17, 15) is 9.90 Å². The molecule has 106 valence electrons. The van der Waals surface area contributed by atoms with Gasteiger partial charge in [-0.3, -0.25) is 9.69 Å². The predicted octanol–water partition coefficient (Wildman–Crippen LogP) is 2.09. The van der Waals surface area contributed by atoms with Crippen molar-refractivity contribution in [3.05, 3.63) is 0 Å². The topological polar surface area (TPSA) is 52.6 Å². The largest absolute Gasteiger partial charge is 0.480 e. The van der Waals surface area contributed by atoms with Gasteiger partial charge in [-0.15, -0.1) is 0 Å². The van der Waals surface area contributed by atoms with Gasteiger partial charge < -0.3 is 10.4 Å². The molecule has 0 aromatic heterocycles. The van der Waals surface area contributed by atoms with E-state index < -0.39 is 11.5 Å². The van der Waals surface area contributed by atoms with E-state index in [1.807, 2.05) is 0 Å². The zero-order valence-electron chi connectivity index (χ0n) is 12.2. The highest BCUT2D eigenvalue weighted by Gasteiger charge is 2.38. The van der Waals surface area contributed by atoms with E-state index in [-0.39, 0.29) is 0 Å². The number of carbonyl (C=O) groups is 1. The Labute approximate surface area is 111 Å². The van der Waals surface area contributed by atoms with E-state index in [2.05, 4.69) is 31.0 Å². The fourth-order valence-corrected chi connectivity index (χ4v) is 2.75. The average molecular weight is 256 g/mol. The molecule has 0 spiro atoms. The number of hydrogen-bond donors (Lipinski definition) is 2. The summed E-state index contributed by atoms with van der Waals surface area (Å²) in [6, 6.07) is 0.965. The lowest BCUT2D eigenvalue weighted by molar-refractivity contribution is -0.145. The first-order chi connectivity index (χ1) is 8.40. The Morgan fingerprint density at radius 3 is 2.39 bits per heavy atom. The van der Waals surface area contributed by atoms with E-state index in [0.717, 1.165) is 13.0 Å². The second kappa shape index (κ2) is 6.53. The monoisotopic (exact) mass is 256 g/mol. The zero-order chi connectivity index (χ0) is 13.8. The Hall–Kier alpha value is -0.610. The van der Waals surface area contributed by atoms with Gasteiger partial charge in [0.15, 0.2) is 0 Å². The highest BCUT2D eigenvalue weighted by molar-refractivity contribution is 5.78. The number of nitrogens with one attached hydrogen (secondary N) is 1. The lowest BCUT2D eigenvalue weighted by Crippen LogP contribution is -2.60. The number of rotatable bonds is 6. The zero-order valence-corrected chi connectivity index (χ0v) is 12.2. The molecule has 0 radical (unpaired) electrons. The lowest BCUT2D eigenvalue weighted by Gasteiger charge is -2.43. The standard InChI is InChI=1S/C14H28N2O2/c1-5-9-15-14(4,13(17)18)10-16-11(2)7-6-8-12(16)3/h11-12,15H,5-10H2,1-4H3,(H,17,18). The number of nitrogens with zero attached hydrogens (tertiary/aromatic N) is 1. The summed E-state index contributed by atoms with van der Waals surface area (Å²) >= 11 is 0. The average Bonchev–Trinajstić information content (AvgIpc) is 2.31. The van der Waals surface area contributed by atoms with Crippen molar-refractivity contribution < 1.29 is 9.90 Å². The third-order valence-electron chi connectivity index (χ3n) is 4.11. The van der Waals surface area contributed by atoms with Crippen molar-refractivity contribution in [3.63, 3.8) is 0 Å². The fraction of sp³-hybridized carbons (Fsp3) is 0.929. The van der Waals surface area contributed by atoms with Gasteiger partial charge in [0.2, 0.25) is 0 Å². The maximum atomic E-state index is 11.5. The van der Waals surface area contributed by atoms with Gasteiger partial charge in [-0.05, 0) is 46.6 Å². The molecule has 0 aromatic rings. The molecule has 0 aliphatic carbocycles. The SMILES string of the molecule is CCCNC(C)(CN1C(C)CCCC1C)C(=O)O. The molecule has 4 nitrogen and oxygen atoms in total. The molecule has 18 heavy (non-hydrogen) atoms. The smallest absolute Gasteiger partial charge is 0.324 e. The first kappa shape index (κ1) is 15.4. The number of likely N-dealkylation sites (tertiary alicyclic amines) is 1. The Morgan fingerprint density at radius 1 is 1.39 bits per heavy atom. The first-order valence-electron chi connectivity index (χ1n) is 7.15. The van der Waals surface area contributed by atoms with Crippen LogP contribution in [-0.4, -0.2) is 46.7 Å². The second-order valence-electron chi connectivity index (χ2n) is 5.87. The van der Waals surface area contributed by atoms with Crippen LogP contribution in [0.4, 0.5) is 0 Å². The first-order valence-corrected chi connectivity index (χ1v) is 7.15. The lowest BCUT2D eigenvalue weighted by atomic mass is 9.93. The molecule has 1 aliphatic heterocycles. The molecule has 0 amide bonds. The highest BCUT2D eigenvalue weighted by atomic mass is 16.4. The number of aliphatic carboxylic acids is 1. The molecule has 1 fully saturated rings. The van der Waals surface area contributed by atoms with Crippen molar-refractivity contribution in [1.29, 1.82) is 0 Å². The Bertz CT molecular complexity index is 273. The number of carboxylic acid groups (broad SMARTS) is 1. The molecule has 2 N–H and O–H groups in total. The van der Waals surface area contributed by atoms with Crippen LogP contribution in [0.2, 0.25) is 0 Å². The molecule has 0 aromatic carbocycles. The maximum absolute atomic E-state index is 11.5. The van der Waals surface area contributed by atoms with Crippen molar-refractivity contribution in [2.75, 3.05) is 13.1 Å². The van der Waals surface area contributed by atoms with Gasteiger partial charge in [-0.25, -0.2) is 0 Å². The summed E-state index contributed by atoms with van der Waals surface area (Å²) in [7, 11) is 0. The molecule has 1 rings (SSSR count). The van der Waals surface area contributed by atoms with Crippen molar-refractivity contribution in [2.24, 2.45) is 0 Å². The van der Waals surface area contributed by atoms with Gasteiger partial charge >= 0.3 is 5.97 Å². The van der Waals surface area contributed by atoms with Crippen molar-refractivity contribution in [2.45, 2.75) is 71.0 Å². The van der Waals surface area contributed by atoms with Crippen LogP contribution >= 0.6 is 0 Å². The molecule has 4 heteroatoms. The molecule has 0 saturated carbocycles. The van der Waals surface area contributed by atoms with Gasteiger partial charge in [0.25, 0.3) is 0 Å². The number of carboxylic acids is 1. The summed E-state index contributed by atoms with van der Waals surface area (Å²) in [5, 5.41) is 12.7. The van der Waals surface area contributed by atoms with Crippen LogP contribution in [0.25, 0.3) is 0 Å². The van der Waals surface area contributed by atoms with E-state index in [4.69, 9.17) is 0 Å². The third kappa shape index (κ3) is 3.69. The van der Waals surface area contributed by atoms with Crippen LogP contribution in [0.5, 0.6) is 0 Å². The Morgan fingerprint density at radius 2 is 1.94 bits per heavy atom. The summed E-state index contributed by atoms with van der Waals surface area (Å²) in [5.74, 6) is -0.749. The molecule has 1 heterocycles. The molecular formula is C14H28N2O2. The van der Waals surface area contributed by atoms with Gasteiger partial charge in [-0.2, -0.15) is 0 Å². The minimum atomic E-state index is -0.837. The van der Waals surface area contributed by atoms with Crippen LogP contribution < -0.4 is 5.32 Å². The van der Waals surface area contributed by atoms with E-state index in [1.165, 1.54) is 19.3 Å². The van der Waals surface area contributed by atoms with E-state index in [0.29, 0.717) is 18.6 Å². The number of hydrogen-bond acceptors (Lipinski definition) is 3. The van der Waals surface area contributed by atoms with Crippen LogP contribution in [-0.2, 0) is 4.79 Å². The number of piperidine rings is 1. The Kier molecular flexibility index (Phi) is 5.60. The van der Waals surface area contributed by atoms with Crippen molar-refractivity contribution >= 4 is 5.97 Å². The summed E-state index contributed by atoms with van der Waals surface area (Å²) < 4.78 is 0. The normalized spacial score (nSPS) is 28.9. The van der Waals surface area contributed by atoms with Crippen LogP contribution in [0.15, 0.2) is 0 Å². The molecule has 3 atom stereocenters. The van der Waals surface area contributed by atoms with Gasteiger partial charge in [-0.1, -0.05) is 13.3 Å². The van der Waals surface area contributed by atoms with E-state index >= 15 is 0 Å². The molecule has 1 aliphatic rings. The van der Waals surface area contributed by atoms with Crippen LogP contribution in [0.1, 0.15) is 53.4 Å². The second-order valence-corrected chi connectivity index (χ2v) is 5.87. The quantitative estimate of drug-likeness (QED) is 0.764. The molecular weight excluding hydrogens is 228 g/mol. The van der Waals surface area contributed by atoms with Crippen LogP contribution in [0, 0.1) is 0 Å². The van der Waals surface area contributed by atoms with Gasteiger partial charge in [0.05, 0.1) is 0 Å². The third-order valence-corrected chi connectivity index (χ3v) is 4.11. The Balaban J connectivity index is 2.72. The molecule has 3 unspecified atom stereocenters. The van der Waals surface area contributed by atoms with Gasteiger partial charge in [0, 0.05) is 18.6 Å².